The summed E-state index contributed by atoms with van der Waals surface area (Å²) in [6.07, 6.45) is 1.51. The molecule has 1 fully saturated rings. The summed E-state index contributed by atoms with van der Waals surface area (Å²) in [4.78, 5) is 41.5. The lowest BCUT2D eigenvalue weighted by Crippen LogP contribution is -2.50. The molecule has 1 saturated heterocycles. The molecule has 0 saturated carbocycles. The Hall–Kier alpha value is -3.61. The molecule has 1 aromatic heterocycles. The van der Waals surface area contributed by atoms with E-state index in [1.807, 2.05) is 62.2 Å². The first kappa shape index (κ1) is 24.5. The van der Waals surface area contributed by atoms with Gasteiger partial charge in [-0.05, 0) is 56.9 Å². The van der Waals surface area contributed by atoms with Crippen LogP contribution in [-0.4, -0.2) is 49.6 Å². The minimum absolute atomic E-state index is 0.0447. The molecule has 0 bridgehead atoms. The normalized spacial score (nSPS) is 16.7. The molecule has 0 aliphatic carbocycles. The standard InChI is InChI=1S/C28H32N2O5/c1-5-34-28(33)20-10-8-14-30(17-20)27(32)19(3)29(4)21-12-13-23-24(16-26(31)35-25(23)15-21)22-11-7-6-9-18(22)2/h6-7,9,11-13,15-16,19-20H,5,8,10,14,17H2,1-4H3/t19-,20+/m1/s1. The highest BCUT2D eigenvalue weighted by Gasteiger charge is 2.32. The minimum Gasteiger partial charge on any atom is -0.466 e. The molecule has 7 heteroatoms. The Bertz CT molecular complexity index is 1300. The van der Waals surface area contributed by atoms with E-state index in [0.717, 1.165) is 40.6 Å². The molecule has 1 amide bonds. The number of aryl methyl sites for hydroxylation is 1. The van der Waals surface area contributed by atoms with E-state index in [-0.39, 0.29) is 17.8 Å². The van der Waals surface area contributed by atoms with E-state index in [2.05, 4.69) is 0 Å². The maximum Gasteiger partial charge on any atom is 0.336 e. The van der Waals surface area contributed by atoms with Crippen LogP contribution in [0.5, 0.6) is 0 Å². The third kappa shape index (κ3) is 5.09. The summed E-state index contributed by atoms with van der Waals surface area (Å²) in [6.45, 7) is 6.99. The van der Waals surface area contributed by atoms with Gasteiger partial charge in [0.15, 0.2) is 0 Å². The predicted molar refractivity (Wildman–Crippen MR) is 136 cm³/mol. The number of fused-ring (bicyclic) bond motifs is 1. The molecule has 1 aliphatic rings. The van der Waals surface area contributed by atoms with Crippen molar-refractivity contribution in [3.63, 3.8) is 0 Å². The smallest absolute Gasteiger partial charge is 0.336 e. The fourth-order valence-electron chi connectivity index (χ4n) is 4.75. The van der Waals surface area contributed by atoms with Gasteiger partial charge in [0, 0.05) is 48.9 Å². The number of hydrogen-bond acceptors (Lipinski definition) is 6. The van der Waals surface area contributed by atoms with Gasteiger partial charge in [-0.3, -0.25) is 9.59 Å². The van der Waals surface area contributed by atoms with E-state index < -0.39 is 11.7 Å². The molecule has 35 heavy (non-hydrogen) atoms. The number of amides is 1. The molecule has 7 nitrogen and oxygen atoms in total. The zero-order valence-electron chi connectivity index (χ0n) is 20.7. The molecule has 3 aromatic rings. The molecule has 2 aromatic carbocycles. The summed E-state index contributed by atoms with van der Waals surface area (Å²) in [5.41, 5.74) is 3.70. The Kier molecular flexibility index (Phi) is 7.24. The van der Waals surface area contributed by atoms with Crippen molar-refractivity contribution in [1.29, 1.82) is 0 Å². The van der Waals surface area contributed by atoms with Crippen LogP contribution < -0.4 is 10.5 Å². The Morgan fingerprint density at radius 1 is 1.17 bits per heavy atom. The number of benzene rings is 2. The first-order chi connectivity index (χ1) is 16.8. The fraction of sp³-hybridized carbons (Fsp3) is 0.393. The Balaban J connectivity index is 1.58. The second-order valence-corrected chi connectivity index (χ2v) is 9.14. The van der Waals surface area contributed by atoms with Crippen molar-refractivity contribution >= 4 is 28.5 Å². The molecular formula is C28H32N2O5. The highest BCUT2D eigenvalue weighted by atomic mass is 16.5. The van der Waals surface area contributed by atoms with Crippen LogP contribution in [0.15, 0.2) is 57.7 Å². The van der Waals surface area contributed by atoms with Gasteiger partial charge in [0.1, 0.15) is 11.6 Å². The summed E-state index contributed by atoms with van der Waals surface area (Å²) < 4.78 is 10.7. The van der Waals surface area contributed by atoms with Gasteiger partial charge in [0.2, 0.25) is 5.91 Å². The lowest BCUT2D eigenvalue weighted by molar-refractivity contribution is -0.151. The van der Waals surface area contributed by atoms with Crippen LogP contribution in [0.2, 0.25) is 0 Å². The quantitative estimate of drug-likeness (QED) is 0.388. The minimum atomic E-state index is -0.459. The average molecular weight is 477 g/mol. The van der Waals surface area contributed by atoms with Crippen molar-refractivity contribution < 1.29 is 18.7 Å². The van der Waals surface area contributed by atoms with E-state index >= 15 is 0 Å². The third-order valence-electron chi connectivity index (χ3n) is 6.86. The Morgan fingerprint density at radius 3 is 2.69 bits per heavy atom. The number of piperidine rings is 1. The van der Waals surface area contributed by atoms with E-state index in [1.165, 1.54) is 6.07 Å². The van der Waals surface area contributed by atoms with Gasteiger partial charge in [-0.25, -0.2) is 4.79 Å². The first-order valence-corrected chi connectivity index (χ1v) is 12.1. The molecule has 0 radical (unpaired) electrons. The zero-order valence-corrected chi connectivity index (χ0v) is 20.7. The number of ether oxygens (including phenoxy) is 1. The summed E-state index contributed by atoms with van der Waals surface area (Å²) >= 11 is 0. The molecule has 0 spiro atoms. The number of rotatable bonds is 6. The predicted octanol–water partition coefficient (Wildman–Crippen LogP) is 4.39. The van der Waals surface area contributed by atoms with Crippen molar-refractivity contribution in [2.75, 3.05) is 31.6 Å². The van der Waals surface area contributed by atoms with Gasteiger partial charge in [-0.15, -0.1) is 0 Å². The van der Waals surface area contributed by atoms with Gasteiger partial charge in [0.05, 0.1) is 12.5 Å². The topological polar surface area (TPSA) is 80.1 Å². The number of likely N-dealkylation sites (tertiary alicyclic amines) is 1. The molecule has 184 valence electrons. The molecule has 2 atom stereocenters. The number of carbonyl (C=O) groups excluding carboxylic acids is 2. The molecular weight excluding hydrogens is 444 g/mol. The van der Waals surface area contributed by atoms with Crippen LogP contribution in [0.4, 0.5) is 5.69 Å². The maximum atomic E-state index is 13.3. The van der Waals surface area contributed by atoms with Crippen LogP contribution in [0.25, 0.3) is 22.1 Å². The Morgan fingerprint density at radius 2 is 1.94 bits per heavy atom. The summed E-state index contributed by atoms with van der Waals surface area (Å²) in [6, 6.07) is 14.7. The number of esters is 1. The average Bonchev–Trinajstić information content (AvgIpc) is 2.87. The summed E-state index contributed by atoms with van der Waals surface area (Å²) in [7, 11) is 1.85. The second-order valence-electron chi connectivity index (χ2n) is 9.14. The number of likely N-dealkylation sites (N-methyl/N-ethyl adjacent to an activating group) is 1. The van der Waals surface area contributed by atoms with Gasteiger partial charge < -0.3 is 19.0 Å². The van der Waals surface area contributed by atoms with Gasteiger partial charge in [-0.1, -0.05) is 24.3 Å². The van der Waals surface area contributed by atoms with E-state index in [4.69, 9.17) is 9.15 Å². The lowest BCUT2D eigenvalue weighted by atomic mass is 9.97. The SMILES string of the molecule is CCOC(=O)[C@H]1CCCN(C(=O)[C@@H](C)N(C)c2ccc3c(-c4ccccc4C)cc(=O)oc3c2)C1. The Labute approximate surface area is 205 Å². The van der Waals surface area contributed by atoms with Crippen LogP contribution in [-0.2, 0) is 14.3 Å². The number of nitrogens with zero attached hydrogens (tertiary/aromatic N) is 2. The molecule has 4 rings (SSSR count). The highest BCUT2D eigenvalue weighted by molar-refractivity contribution is 5.96. The highest BCUT2D eigenvalue weighted by Crippen LogP contribution is 2.32. The largest absolute Gasteiger partial charge is 0.466 e. The third-order valence-corrected chi connectivity index (χ3v) is 6.86. The number of hydrogen-bond donors (Lipinski definition) is 0. The summed E-state index contributed by atoms with van der Waals surface area (Å²) in [5, 5.41) is 0.836. The van der Waals surface area contributed by atoms with Gasteiger partial charge in [-0.2, -0.15) is 0 Å². The second kappa shape index (κ2) is 10.3. The maximum absolute atomic E-state index is 13.3. The van der Waals surface area contributed by atoms with Crippen molar-refractivity contribution in [2.24, 2.45) is 5.92 Å². The lowest BCUT2D eigenvalue weighted by Gasteiger charge is -2.36. The van der Waals surface area contributed by atoms with Crippen LogP contribution in [0, 0.1) is 12.8 Å². The first-order valence-electron chi connectivity index (χ1n) is 12.1. The van der Waals surface area contributed by atoms with Gasteiger partial charge >= 0.3 is 11.6 Å². The summed E-state index contributed by atoms with van der Waals surface area (Å²) in [5.74, 6) is -0.559. The molecule has 0 N–H and O–H groups in total. The molecule has 2 heterocycles. The number of carbonyl (C=O) groups is 2. The van der Waals surface area contributed by atoms with Crippen molar-refractivity contribution in [3.8, 4) is 11.1 Å². The van der Waals surface area contributed by atoms with E-state index in [9.17, 15) is 14.4 Å². The van der Waals surface area contributed by atoms with Crippen LogP contribution in [0.3, 0.4) is 0 Å². The molecule has 0 unspecified atom stereocenters. The van der Waals surface area contributed by atoms with E-state index in [1.54, 1.807) is 17.9 Å². The van der Waals surface area contributed by atoms with Crippen molar-refractivity contribution in [3.05, 3.63) is 64.5 Å². The monoisotopic (exact) mass is 476 g/mol. The van der Waals surface area contributed by atoms with Crippen LogP contribution in [0.1, 0.15) is 32.3 Å². The van der Waals surface area contributed by atoms with Gasteiger partial charge in [0.25, 0.3) is 0 Å². The van der Waals surface area contributed by atoms with Crippen molar-refractivity contribution in [2.45, 2.75) is 39.7 Å². The van der Waals surface area contributed by atoms with Crippen LogP contribution >= 0.6 is 0 Å². The zero-order chi connectivity index (χ0) is 25.1. The van der Waals surface area contributed by atoms with E-state index in [0.29, 0.717) is 25.3 Å². The van der Waals surface area contributed by atoms with Crippen molar-refractivity contribution in [1.82, 2.24) is 4.90 Å². The molecule has 1 aliphatic heterocycles. The number of anilines is 1. The fourth-order valence-corrected chi connectivity index (χ4v) is 4.75.